The smallest absolute Gasteiger partial charge is 0.0449 e. The van der Waals surface area contributed by atoms with E-state index in [2.05, 4.69) is 75.9 Å². The van der Waals surface area contributed by atoms with Crippen LogP contribution in [0.3, 0.4) is 0 Å². The van der Waals surface area contributed by atoms with Gasteiger partial charge in [-0.25, -0.2) is 0 Å². The lowest BCUT2D eigenvalue weighted by Crippen LogP contribution is -1.94. The number of benzene rings is 2. The van der Waals surface area contributed by atoms with Gasteiger partial charge in [0.15, 0.2) is 0 Å². The van der Waals surface area contributed by atoms with Gasteiger partial charge in [0.2, 0.25) is 0 Å². The second kappa shape index (κ2) is 5.25. The largest absolute Gasteiger partial charge is 0.149 e. The number of halogens is 1. The van der Waals surface area contributed by atoms with E-state index in [1.807, 2.05) is 11.3 Å². The van der Waals surface area contributed by atoms with Crippen LogP contribution >= 0.6 is 27.3 Å². The van der Waals surface area contributed by atoms with E-state index in [4.69, 9.17) is 0 Å². The molecule has 1 heterocycles. The Morgan fingerprint density at radius 3 is 2.61 bits per heavy atom. The van der Waals surface area contributed by atoms with Crippen LogP contribution in [0.1, 0.15) is 15.3 Å². The molecule has 0 bridgehead atoms. The second-order valence-electron chi connectivity index (χ2n) is 4.32. The molecule has 0 saturated heterocycles. The molecule has 2 aromatic carbocycles. The average Bonchev–Trinajstić information content (AvgIpc) is 2.91. The summed E-state index contributed by atoms with van der Waals surface area (Å²) in [6, 6.07) is 19.4. The predicted molar refractivity (Wildman–Crippen MR) is 83.6 cm³/mol. The minimum Gasteiger partial charge on any atom is -0.149 e. The van der Waals surface area contributed by atoms with Crippen molar-refractivity contribution in [2.45, 2.75) is 11.2 Å². The molecule has 0 spiro atoms. The maximum atomic E-state index is 3.84. The molecule has 0 N–H and O–H groups in total. The van der Waals surface area contributed by atoms with Gasteiger partial charge in [0.25, 0.3) is 0 Å². The van der Waals surface area contributed by atoms with Crippen LogP contribution in [0.4, 0.5) is 0 Å². The molecule has 0 aliphatic rings. The van der Waals surface area contributed by atoms with Crippen molar-refractivity contribution in [3.05, 3.63) is 70.4 Å². The molecule has 1 aromatic heterocycles. The maximum Gasteiger partial charge on any atom is 0.0449 e. The Bertz CT molecular complexity index is 638. The molecule has 0 nitrogen and oxygen atoms in total. The zero-order valence-corrected chi connectivity index (χ0v) is 12.2. The summed E-state index contributed by atoms with van der Waals surface area (Å²) >= 11 is 5.66. The van der Waals surface area contributed by atoms with Crippen LogP contribution in [-0.4, -0.2) is 0 Å². The monoisotopic (exact) mass is 316 g/mol. The highest BCUT2D eigenvalue weighted by Gasteiger charge is 2.11. The van der Waals surface area contributed by atoms with Crippen LogP contribution in [0, 0.1) is 0 Å². The van der Waals surface area contributed by atoms with Crippen LogP contribution in [0.2, 0.25) is 0 Å². The molecule has 2 heteroatoms. The molecule has 0 aliphatic carbocycles. The van der Waals surface area contributed by atoms with E-state index in [1.165, 1.54) is 21.2 Å². The zero-order valence-electron chi connectivity index (χ0n) is 9.84. The number of fused-ring (bicyclic) bond motifs is 1. The SMILES string of the molecule is BrC(Cc1cccs1)c1cccc2ccccc12. The van der Waals surface area contributed by atoms with E-state index in [0.717, 1.165) is 6.42 Å². The highest BCUT2D eigenvalue weighted by Crippen LogP contribution is 2.33. The Kier molecular flexibility index (Phi) is 3.48. The highest BCUT2D eigenvalue weighted by atomic mass is 79.9. The molecule has 0 fully saturated rings. The van der Waals surface area contributed by atoms with Crippen LogP contribution in [0.5, 0.6) is 0 Å². The van der Waals surface area contributed by atoms with Crippen molar-refractivity contribution < 1.29 is 0 Å². The van der Waals surface area contributed by atoms with Gasteiger partial charge in [-0.1, -0.05) is 64.5 Å². The molecule has 0 saturated carbocycles. The molecule has 90 valence electrons. The molecular weight excluding hydrogens is 304 g/mol. The van der Waals surface area contributed by atoms with Gasteiger partial charge in [0, 0.05) is 9.70 Å². The van der Waals surface area contributed by atoms with Gasteiger partial charge in [-0.3, -0.25) is 0 Å². The predicted octanol–water partition coefficient (Wildman–Crippen LogP) is 5.58. The number of thiophene rings is 1. The van der Waals surface area contributed by atoms with Crippen molar-refractivity contribution >= 4 is 38.0 Å². The Hall–Kier alpha value is -1.12. The molecule has 3 rings (SSSR count). The van der Waals surface area contributed by atoms with E-state index in [0.29, 0.717) is 4.83 Å². The van der Waals surface area contributed by atoms with Gasteiger partial charge in [0.05, 0.1) is 0 Å². The topological polar surface area (TPSA) is 0 Å². The zero-order chi connectivity index (χ0) is 12.4. The summed E-state index contributed by atoms with van der Waals surface area (Å²) in [7, 11) is 0. The van der Waals surface area contributed by atoms with E-state index >= 15 is 0 Å². The molecule has 0 amide bonds. The van der Waals surface area contributed by atoms with Crippen LogP contribution in [-0.2, 0) is 6.42 Å². The van der Waals surface area contributed by atoms with Crippen molar-refractivity contribution in [2.75, 3.05) is 0 Å². The quantitative estimate of drug-likeness (QED) is 0.553. The lowest BCUT2D eigenvalue weighted by Gasteiger charge is -2.12. The fourth-order valence-electron chi connectivity index (χ4n) is 2.24. The summed E-state index contributed by atoms with van der Waals surface area (Å²) in [4.78, 5) is 1.80. The lowest BCUT2D eigenvalue weighted by molar-refractivity contribution is 0.979. The van der Waals surface area contributed by atoms with E-state index < -0.39 is 0 Å². The molecule has 1 unspecified atom stereocenters. The maximum absolute atomic E-state index is 3.84. The summed E-state index contributed by atoms with van der Waals surface area (Å²) < 4.78 is 0. The van der Waals surface area contributed by atoms with Gasteiger partial charge < -0.3 is 0 Å². The fraction of sp³-hybridized carbons (Fsp3) is 0.125. The van der Waals surface area contributed by atoms with Gasteiger partial charge in [0.1, 0.15) is 0 Å². The summed E-state index contributed by atoms with van der Waals surface area (Å²) in [6.45, 7) is 0. The molecule has 1 atom stereocenters. The Morgan fingerprint density at radius 1 is 0.944 bits per heavy atom. The first-order valence-electron chi connectivity index (χ1n) is 5.99. The third-order valence-electron chi connectivity index (χ3n) is 3.12. The van der Waals surface area contributed by atoms with Gasteiger partial charge >= 0.3 is 0 Å². The van der Waals surface area contributed by atoms with Gasteiger partial charge in [-0.15, -0.1) is 11.3 Å². The molecular formula is C16H13BrS. The molecule has 18 heavy (non-hydrogen) atoms. The Labute approximate surface area is 119 Å². The number of rotatable bonds is 3. The normalized spacial score (nSPS) is 12.7. The number of alkyl halides is 1. The molecule has 0 radical (unpaired) electrons. The third-order valence-corrected chi connectivity index (χ3v) is 4.84. The number of hydrogen-bond acceptors (Lipinski definition) is 1. The van der Waals surface area contributed by atoms with Crippen molar-refractivity contribution in [3.8, 4) is 0 Å². The number of hydrogen-bond donors (Lipinski definition) is 0. The van der Waals surface area contributed by atoms with E-state index in [-0.39, 0.29) is 0 Å². The molecule has 3 aromatic rings. The highest BCUT2D eigenvalue weighted by molar-refractivity contribution is 9.09. The standard InChI is InChI=1S/C16H13BrS/c17-16(11-13-7-4-10-18-13)15-9-3-6-12-5-1-2-8-14(12)15/h1-10,16H,11H2. The first-order valence-corrected chi connectivity index (χ1v) is 7.78. The summed E-state index contributed by atoms with van der Waals surface area (Å²) in [5.41, 5.74) is 1.38. The lowest BCUT2D eigenvalue weighted by atomic mass is 10.0. The average molecular weight is 317 g/mol. The van der Waals surface area contributed by atoms with Crippen molar-refractivity contribution in [2.24, 2.45) is 0 Å². The fourth-order valence-corrected chi connectivity index (χ4v) is 3.95. The first kappa shape index (κ1) is 11.9. The minimum atomic E-state index is 0.377. The Balaban J connectivity index is 1.98. The van der Waals surface area contributed by atoms with Crippen LogP contribution < -0.4 is 0 Å². The Morgan fingerprint density at radius 2 is 1.78 bits per heavy atom. The van der Waals surface area contributed by atoms with E-state index in [9.17, 15) is 0 Å². The van der Waals surface area contributed by atoms with Crippen LogP contribution in [0.25, 0.3) is 10.8 Å². The van der Waals surface area contributed by atoms with Gasteiger partial charge in [-0.05, 0) is 34.2 Å². The van der Waals surface area contributed by atoms with Crippen molar-refractivity contribution in [1.82, 2.24) is 0 Å². The van der Waals surface area contributed by atoms with Crippen LogP contribution in [0.15, 0.2) is 60.0 Å². The van der Waals surface area contributed by atoms with Gasteiger partial charge in [-0.2, -0.15) is 0 Å². The van der Waals surface area contributed by atoms with E-state index in [1.54, 1.807) is 0 Å². The summed E-state index contributed by atoms with van der Waals surface area (Å²) in [5, 5.41) is 4.79. The molecule has 0 aliphatic heterocycles. The van der Waals surface area contributed by atoms with Crippen molar-refractivity contribution in [1.29, 1.82) is 0 Å². The third kappa shape index (κ3) is 2.36. The second-order valence-corrected chi connectivity index (χ2v) is 6.46. The van der Waals surface area contributed by atoms with Crippen molar-refractivity contribution in [3.63, 3.8) is 0 Å². The first-order chi connectivity index (χ1) is 8.84. The summed E-state index contributed by atoms with van der Waals surface area (Å²) in [6.07, 6.45) is 1.05. The summed E-state index contributed by atoms with van der Waals surface area (Å²) in [5.74, 6) is 0. The minimum absolute atomic E-state index is 0.377.